The molecule has 2 N–H and O–H groups in total. The summed E-state index contributed by atoms with van der Waals surface area (Å²) in [6.07, 6.45) is 0.285. The molecule has 2 unspecified atom stereocenters. The number of aromatic nitrogens is 1. The molecule has 1 saturated heterocycles. The van der Waals surface area contributed by atoms with Gasteiger partial charge in [0, 0.05) is 17.6 Å². The third-order valence-corrected chi connectivity index (χ3v) is 4.66. The minimum atomic E-state index is -0.892. The highest BCUT2D eigenvalue weighted by molar-refractivity contribution is 5.81. The van der Waals surface area contributed by atoms with Crippen molar-refractivity contribution >= 4 is 16.7 Å². The van der Waals surface area contributed by atoms with Crippen molar-refractivity contribution in [2.24, 2.45) is 0 Å². The average Bonchev–Trinajstić information content (AvgIpc) is 3.11. The average molecular weight is 356 g/mol. The van der Waals surface area contributed by atoms with Crippen LogP contribution in [0.3, 0.4) is 0 Å². The second-order valence-electron chi connectivity index (χ2n) is 6.35. The van der Waals surface area contributed by atoms with E-state index in [4.69, 9.17) is 4.74 Å². The zero-order valence-corrected chi connectivity index (χ0v) is 14.0. The van der Waals surface area contributed by atoms with E-state index in [1.54, 1.807) is 0 Å². The van der Waals surface area contributed by atoms with Gasteiger partial charge in [-0.15, -0.1) is 0 Å². The molecule has 1 aliphatic heterocycles. The second kappa shape index (κ2) is 6.97. The lowest BCUT2D eigenvalue weighted by Crippen LogP contribution is -2.24. The molecule has 4 rings (SSSR count). The van der Waals surface area contributed by atoms with Gasteiger partial charge in [-0.25, -0.2) is 13.8 Å². The molecular formula is C20H18F2N2O2. The summed E-state index contributed by atoms with van der Waals surface area (Å²) in [5, 5.41) is 14.0. The van der Waals surface area contributed by atoms with E-state index in [-0.39, 0.29) is 12.6 Å². The third kappa shape index (κ3) is 3.13. The number of anilines is 1. The Labute approximate surface area is 149 Å². The van der Waals surface area contributed by atoms with Gasteiger partial charge in [0.1, 0.15) is 11.9 Å². The third-order valence-electron chi connectivity index (χ3n) is 4.66. The molecule has 0 radical (unpaired) electrons. The predicted octanol–water partition coefficient (Wildman–Crippen LogP) is 3.95. The summed E-state index contributed by atoms with van der Waals surface area (Å²) >= 11 is 0. The van der Waals surface area contributed by atoms with E-state index in [1.807, 2.05) is 30.3 Å². The number of aliphatic hydroxyl groups is 1. The van der Waals surface area contributed by atoms with E-state index in [9.17, 15) is 13.9 Å². The molecule has 26 heavy (non-hydrogen) atoms. The van der Waals surface area contributed by atoms with E-state index < -0.39 is 17.7 Å². The van der Waals surface area contributed by atoms with Crippen molar-refractivity contribution in [2.75, 3.05) is 11.9 Å². The summed E-state index contributed by atoms with van der Waals surface area (Å²) in [5.74, 6) is -1.19. The van der Waals surface area contributed by atoms with Gasteiger partial charge in [-0.2, -0.15) is 0 Å². The first-order valence-electron chi connectivity index (χ1n) is 8.48. The number of ether oxygens (including phenoxy) is 1. The summed E-state index contributed by atoms with van der Waals surface area (Å²) in [6.45, 7) is 0.354. The van der Waals surface area contributed by atoms with Crippen LogP contribution in [0.5, 0.6) is 0 Å². The SMILES string of the molecule is OCc1cc2ccccc2nc1NC1CCOC1c1ccc(F)c(F)c1. The first-order chi connectivity index (χ1) is 12.7. The van der Waals surface area contributed by atoms with Crippen molar-refractivity contribution in [3.8, 4) is 0 Å². The number of hydrogen-bond donors (Lipinski definition) is 2. The molecule has 134 valence electrons. The minimum absolute atomic E-state index is 0.149. The molecule has 3 aromatic rings. The van der Waals surface area contributed by atoms with Gasteiger partial charge in [-0.05, 0) is 36.2 Å². The number of para-hydroxylation sites is 1. The first kappa shape index (κ1) is 16.9. The molecule has 2 heterocycles. The van der Waals surface area contributed by atoms with Crippen LogP contribution in [0.2, 0.25) is 0 Å². The molecule has 1 aromatic heterocycles. The highest BCUT2D eigenvalue weighted by Crippen LogP contribution is 2.33. The van der Waals surface area contributed by atoms with Gasteiger partial charge in [0.2, 0.25) is 0 Å². The largest absolute Gasteiger partial charge is 0.392 e. The summed E-state index contributed by atoms with van der Waals surface area (Å²) in [7, 11) is 0. The van der Waals surface area contributed by atoms with Gasteiger partial charge >= 0.3 is 0 Å². The standard InChI is InChI=1S/C20H18F2N2O2/c21-15-6-5-13(10-16(15)22)19-18(7-8-26-19)24-20-14(11-25)9-12-3-1-2-4-17(12)23-20/h1-6,9-10,18-19,25H,7-8,11H2,(H,23,24). The molecule has 1 fully saturated rings. The molecule has 4 nitrogen and oxygen atoms in total. The lowest BCUT2D eigenvalue weighted by molar-refractivity contribution is 0.107. The van der Waals surface area contributed by atoms with E-state index in [0.29, 0.717) is 30.0 Å². The van der Waals surface area contributed by atoms with Gasteiger partial charge in [0.15, 0.2) is 11.6 Å². The molecule has 2 atom stereocenters. The molecule has 0 amide bonds. The van der Waals surface area contributed by atoms with Crippen LogP contribution in [0, 0.1) is 11.6 Å². The second-order valence-corrected chi connectivity index (χ2v) is 6.35. The zero-order valence-electron chi connectivity index (χ0n) is 14.0. The van der Waals surface area contributed by atoms with Crippen LogP contribution in [0.15, 0.2) is 48.5 Å². The fraction of sp³-hybridized carbons (Fsp3) is 0.250. The van der Waals surface area contributed by atoms with Crippen LogP contribution in [0.25, 0.3) is 10.9 Å². The number of hydrogen-bond acceptors (Lipinski definition) is 4. The van der Waals surface area contributed by atoms with Crippen molar-refractivity contribution < 1.29 is 18.6 Å². The van der Waals surface area contributed by atoms with Gasteiger partial charge in [-0.3, -0.25) is 0 Å². The maximum atomic E-state index is 13.6. The number of nitrogens with one attached hydrogen (secondary N) is 1. The summed E-state index contributed by atoms with van der Waals surface area (Å²) in [4.78, 5) is 4.61. The smallest absolute Gasteiger partial charge is 0.159 e. The predicted molar refractivity (Wildman–Crippen MR) is 94.7 cm³/mol. The fourth-order valence-electron chi connectivity index (χ4n) is 3.34. The van der Waals surface area contributed by atoms with Gasteiger partial charge in [0.25, 0.3) is 0 Å². The van der Waals surface area contributed by atoms with Crippen molar-refractivity contribution in [3.05, 3.63) is 71.3 Å². The number of benzene rings is 2. The van der Waals surface area contributed by atoms with Crippen LogP contribution >= 0.6 is 0 Å². The van der Waals surface area contributed by atoms with E-state index in [2.05, 4.69) is 10.3 Å². The normalized spacial score (nSPS) is 19.8. The van der Waals surface area contributed by atoms with Crippen LogP contribution in [-0.4, -0.2) is 22.7 Å². The Hall–Kier alpha value is -2.57. The fourth-order valence-corrected chi connectivity index (χ4v) is 3.34. The molecule has 0 bridgehead atoms. The van der Waals surface area contributed by atoms with Crippen LogP contribution < -0.4 is 5.32 Å². The highest BCUT2D eigenvalue weighted by Gasteiger charge is 2.31. The molecule has 6 heteroatoms. The van der Waals surface area contributed by atoms with Crippen LogP contribution in [0.1, 0.15) is 23.7 Å². The Balaban J connectivity index is 1.65. The molecule has 0 aliphatic carbocycles. The Morgan fingerprint density at radius 2 is 1.96 bits per heavy atom. The molecule has 1 aliphatic rings. The molecule has 0 saturated carbocycles. The van der Waals surface area contributed by atoms with Crippen LogP contribution in [-0.2, 0) is 11.3 Å². The first-order valence-corrected chi connectivity index (χ1v) is 8.48. The van der Waals surface area contributed by atoms with Gasteiger partial charge < -0.3 is 15.2 Å². The van der Waals surface area contributed by atoms with Crippen molar-refractivity contribution in [1.29, 1.82) is 0 Å². The Kier molecular flexibility index (Phi) is 4.53. The lowest BCUT2D eigenvalue weighted by Gasteiger charge is -2.22. The number of pyridine rings is 1. The summed E-state index contributed by atoms with van der Waals surface area (Å²) in [5.41, 5.74) is 2.07. The van der Waals surface area contributed by atoms with E-state index in [1.165, 1.54) is 12.1 Å². The monoisotopic (exact) mass is 356 g/mol. The maximum absolute atomic E-state index is 13.6. The molecule has 2 aromatic carbocycles. The maximum Gasteiger partial charge on any atom is 0.159 e. The summed E-state index contributed by atoms with van der Waals surface area (Å²) < 4.78 is 32.5. The van der Waals surface area contributed by atoms with Gasteiger partial charge in [-0.1, -0.05) is 24.3 Å². The highest BCUT2D eigenvalue weighted by atomic mass is 19.2. The Bertz CT molecular complexity index is 948. The quantitative estimate of drug-likeness (QED) is 0.743. The number of aliphatic hydroxyl groups excluding tert-OH is 1. The van der Waals surface area contributed by atoms with Crippen molar-refractivity contribution in [2.45, 2.75) is 25.2 Å². The lowest BCUT2D eigenvalue weighted by atomic mass is 10.0. The van der Waals surface area contributed by atoms with E-state index in [0.717, 1.165) is 17.0 Å². The molecular weight excluding hydrogens is 338 g/mol. The zero-order chi connectivity index (χ0) is 18.1. The number of fused-ring (bicyclic) bond motifs is 1. The Morgan fingerprint density at radius 1 is 1.12 bits per heavy atom. The van der Waals surface area contributed by atoms with Crippen LogP contribution in [0.4, 0.5) is 14.6 Å². The van der Waals surface area contributed by atoms with Crippen molar-refractivity contribution in [1.82, 2.24) is 4.98 Å². The minimum Gasteiger partial charge on any atom is -0.392 e. The Morgan fingerprint density at radius 3 is 2.77 bits per heavy atom. The number of rotatable bonds is 4. The van der Waals surface area contributed by atoms with E-state index >= 15 is 0 Å². The van der Waals surface area contributed by atoms with Gasteiger partial charge in [0.05, 0.1) is 18.2 Å². The number of nitrogens with zero attached hydrogens (tertiary/aromatic N) is 1. The summed E-state index contributed by atoms with van der Waals surface area (Å²) in [6, 6.07) is 13.2. The molecule has 0 spiro atoms. The number of halogens is 2. The van der Waals surface area contributed by atoms with Crippen molar-refractivity contribution in [3.63, 3.8) is 0 Å². The topological polar surface area (TPSA) is 54.4 Å².